The molecule has 1 fully saturated rings. The van der Waals surface area contributed by atoms with Crippen LogP contribution in [-0.2, 0) is 14.3 Å². The molecule has 1 atom stereocenters. The van der Waals surface area contributed by atoms with Crippen molar-refractivity contribution in [2.45, 2.75) is 26.8 Å². The Morgan fingerprint density at radius 1 is 1.00 bits per heavy atom. The van der Waals surface area contributed by atoms with Crippen LogP contribution < -0.4 is 19.1 Å². The molecule has 1 aromatic carbocycles. The van der Waals surface area contributed by atoms with Gasteiger partial charge in [-0.15, -0.1) is 0 Å². The normalized spacial score (nSPS) is 16.3. The van der Waals surface area contributed by atoms with Crippen LogP contribution in [0.5, 0.6) is 17.2 Å². The Balaban J connectivity index is 1.82. The highest BCUT2D eigenvalue weighted by molar-refractivity contribution is 7.17. The van der Waals surface area contributed by atoms with Gasteiger partial charge in [-0.2, -0.15) is 0 Å². The minimum atomic E-state index is -1.19. The number of Topliss-reactive ketones (excluding diaryl/α,β-unsaturated/α-hetero) is 1. The van der Waals surface area contributed by atoms with Crippen molar-refractivity contribution >= 4 is 45.5 Å². The van der Waals surface area contributed by atoms with Crippen LogP contribution in [0.4, 0.5) is 5.13 Å². The van der Waals surface area contributed by atoms with Crippen LogP contribution in [0.3, 0.4) is 0 Å². The summed E-state index contributed by atoms with van der Waals surface area (Å²) in [6, 6.07) is 5.70. The number of anilines is 1. The number of fused-ring (bicyclic) bond motifs is 1. The molecule has 1 amide bonds. The van der Waals surface area contributed by atoms with E-state index >= 15 is 0 Å². The summed E-state index contributed by atoms with van der Waals surface area (Å²) in [5.41, 5.74) is 2.62. The Morgan fingerprint density at radius 2 is 1.67 bits per heavy atom. The summed E-state index contributed by atoms with van der Waals surface area (Å²) in [4.78, 5) is 50.2. The number of benzene rings is 1. The van der Waals surface area contributed by atoms with Gasteiger partial charge < -0.3 is 28.5 Å². The highest BCUT2D eigenvalue weighted by atomic mass is 32.1. The third-order valence-electron chi connectivity index (χ3n) is 7.12. The van der Waals surface area contributed by atoms with Gasteiger partial charge in [0, 0.05) is 6.20 Å². The van der Waals surface area contributed by atoms with Crippen LogP contribution in [0.25, 0.3) is 11.4 Å². The average molecular weight is 593 g/mol. The van der Waals surface area contributed by atoms with Gasteiger partial charge in [0.1, 0.15) is 16.2 Å². The lowest BCUT2D eigenvalue weighted by atomic mass is 9.95. The topological polar surface area (TPSA) is 142 Å². The number of hydrogen-bond donors (Lipinski definition) is 1. The molecule has 4 aromatic rings. The fourth-order valence-electron chi connectivity index (χ4n) is 5.05. The van der Waals surface area contributed by atoms with Gasteiger partial charge in [-0.3, -0.25) is 14.5 Å². The maximum atomic E-state index is 13.7. The summed E-state index contributed by atoms with van der Waals surface area (Å²) in [7, 11) is 5.57. The molecule has 0 aliphatic carbocycles. The summed E-state index contributed by atoms with van der Waals surface area (Å²) >= 11 is 0.896. The van der Waals surface area contributed by atoms with Crippen LogP contribution in [0.1, 0.15) is 43.9 Å². The molecule has 0 bridgehead atoms. The number of rotatable bonds is 7. The zero-order chi connectivity index (χ0) is 30.5. The number of carbonyl (C=O) groups is 3. The third kappa shape index (κ3) is 4.33. The molecule has 0 saturated carbocycles. The fraction of sp³-hybridized carbons (Fsp3) is 0.276. The monoisotopic (exact) mass is 592 g/mol. The summed E-state index contributed by atoms with van der Waals surface area (Å²) in [6.45, 7) is 5.23. The van der Waals surface area contributed by atoms with Crippen molar-refractivity contribution in [2.75, 3.05) is 33.3 Å². The van der Waals surface area contributed by atoms with Crippen molar-refractivity contribution in [1.82, 2.24) is 14.4 Å². The first kappa shape index (κ1) is 28.6. The lowest BCUT2D eigenvalue weighted by Gasteiger charge is -2.24. The van der Waals surface area contributed by atoms with Crippen molar-refractivity contribution in [1.29, 1.82) is 0 Å². The number of thiazole rings is 1. The number of aryl methyl sites for hydroxylation is 3. The van der Waals surface area contributed by atoms with Gasteiger partial charge in [0.15, 0.2) is 22.4 Å². The molecular weight excluding hydrogens is 564 g/mol. The summed E-state index contributed by atoms with van der Waals surface area (Å²) in [6.07, 6.45) is 1.80. The van der Waals surface area contributed by atoms with Crippen molar-refractivity contribution in [3.05, 3.63) is 69.1 Å². The van der Waals surface area contributed by atoms with Crippen LogP contribution in [0, 0.1) is 20.8 Å². The Labute approximate surface area is 244 Å². The van der Waals surface area contributed by atoms with Gasteiger partial charge in [-0.1, -0.05) is 17.4 Å². The van der Waals surface area contributed by atoms with Gasteiger partial charge in [0.05, 0.1) is 51.4 Å². The number of methoxy groups -OCH3 is 4. The number of aliphatic hydroxyl groups is 1. The van der Waals surface area contributed by atoms with Gasteiger partial charge >= 0.3 is 11.9 Å². The van der Waals surface area contributed by atoms with Gasteiger partial charge in [0.25, 0.3) is 5.78 Å². The molecule has 0 spiro atoms. The summed E-state index contributed by atoms with van der Waals surface area (Å²) < 4.78 is 23.2. The first-order chi connectivity index (χ1) is 20.1. The smallest absolute Gasteiger partial charge is 0.350 e. The molecule has 1 saturated heterocycles. The maximum Gasteiger partial charge on any atom is 0.350 e. The molecule has 218 valence electrons. The Bertz CT molecular complexity index is 1780. The number of carbonyl (C=O) groups excluding carboxylic acids is 3. The predicted molar refractivity (Wildman–Crippen MR) is 154 cm³/mol. The molecule has 1 unspecified atom stereocenters. The molecule has 1 aliphatic rings. The van der Waals surface area contributed by atoms with Crippen molar-refractivity contribution in [3.63, 3.8) is 0 Å². The second kappa shape index (κ2) is 10.8. The van der Waals surface area contributed by atoms with Crippen molar-refractivity contribution in [2.24, 2.45) is 0 Å². The molecule has 1 N–H and O–H groups in total. The van der Waals surface area contributed by atoms with Crippen molar-refractivity contribution < 1.29 is 38.4 Å². The first-order valence-electron chi connectivity index (χ1n) is 12.7. The Kier molecular flexibility index (Phi) is 7.37. The van der Waals surface area contributed by atoms with E-state index in [4.69, 9.17) is 18.9 Å². The number of pyridine rings is 1. The number of ether oxygens (including phenoxy) is 4. The lowest BCUT2D eigenvalue weighted by Crippen LogP contribution is -2.29. The number of ketones is 1. The van der Waals surface area contributed by atoms with E-state index in [9.17, 15) is 19.5 Å². The van der Waals surface area contributed by atoms with Crippen LogP contribution in [0.15, 0.2) is 36.0 Å². The van der Waals surface area contributed by atoms with E-state index in [0.29, 0.717) is 28.3 Å². The molecule has 12 nitrogen and oxygen atoms in total. The van der Waals surface area contributed by atoms with Gasteiger partial charge in [0.2, 0.25) is 5.75 Å². The van der Waals surface area contributed by atoms with Gasteiger partial charge in [-0.25, -0.2) is 14.8 Å². The number of aliphatic hydroxyl groups excluding tert-OH is 1. The Hall–Kier alpha value is -4.91. The Morgan fingerprint density at radius 3 is 2.24 bits per heavy atom. The zero-order valence-corrected chi connectivity index (χ0v) is 24.8. The molecule has 0 radical (unpaired) electrons. The van der Waals surface area contributed by atoms with E-state index in [2.05, 4.69) is 9.97 Å². The van der Waals surface area contributed by atoms with E-state index in [1.807, 2.05) is 19.1 Å². The van der Waals surface area contributed by atoms with Crippen LogP contribution in [-0.4, -0.2) is 65.6 Å². The number of esters is 1. The molecule has 5 rings (SSSR count). The molecular formula is C29H28N4O8S. The minimum Gasteiger partial charge on any atom is -0.505 e. The molecule has 4 heterocycles. The van der Waals surface area contributed by atoms with E-state index in [0.717, 1.165) is 21.8 Å². The molecule has 1 aliphatic heterocycles. The van der Waals surface area contributed by atoms with E-state index in [1.165, 1.54) is 28.4 Å². The fourth-order valence-corrected chi connectivity index (χ4v) is 6.06. The maximum absolute atomic E-state index is 13.7. The SMILES string of the molecule is COC(=O)c1sc(N2C(=O)C(=O)C(=C(O)c3nc4c(C)cccn4c3C)C2c2cc(OC)c(OC)c(OC)c2)nc1C. The second-order valence-corrected chi connectivity index (χ2v) is 10.4. The highest BCUT2D eigenvalue weighted by Gasteiger charge is 2.49. The van der Waals surface area contributed by atoms with Crippen molar-refractivity contribution in [3.8, 4) is 17.2 Å². The van der Waals surface area contributed by atoms with E-state index in [-0.39, 0.29) is 32.8 Å². The molecule has 3 aromatic heterocycles. The number of hydrogen-bond acceptors (Lipinski definition) is 11. The standard InChI is InChI=1S/C29H28N4O8S/c1-13-9-8-10-32-15(3)20(31-26(13)32)22(34)19-21(16-11-17(38-4)24(40-6)18(12-16)39-5)33(27(36)23(19)35)29-30-14(2)25(42-29)28(37)41-7/h8-12,21,34H,1-7H3. The van der Waals surface area contributed by atoms with Crippen LogP contribution in [0.2, 0.25) is 0 Å². The molecule has 42 heavy (non-hydrogen) atoms. The van der Waals surface area contributed by atoms with Gasteiger partial charge in [-0.05, 0) is 50.1 Å². The molecule has 13 heteroatoms. The lowest BCUT2D eigenvalue weighted by molar-refractivity contribution is -0.132. The van der Waals surface area contributed by atoms with Crippen LogP contribution >= 0.6 is 11.3 Å². The first-order valence-corrected chi connectivity index (χ1v) is 13.5. The average Bonchev–Trinajstić information content (AvgIpc) is 3.63. The number of imidazole rings is 1. The number of amides is 1. The minimum absolute atomic E-state index is 0.0652. The summed E-state index contributed by atoms with van der Waals surface area (Å²) in [5, 5.41) is 11.8. The van der Waals surface area contributed by atoms with E-state index < -0.39 is 29.5 Å². The third-order valence-corrected chi connectivity index (χ3v) is 8.25. The predicted octanol–water partition coefficient (Wildman–Crippen LogP) is 4.15. The number of nitrogens with zero attached hydrogens (tertiary/aromatic N) is 4. The summed E-state index contributed by atoms with van der Waals surface area (Å²) in [5.74, 6) is -2.16. The number of aromatic nitrogens is 3. The largest absolute Gasteiger partial charge is 0.505 e. The zero-order valence-electron chi connectivity index (χ0n) is 24.0. The second-order valence-electron chi connectivity index (χ2n) is 9.46. The highest BCUT2D eigenvalue weighted by Crippen LogP contribution is 2.48. The quantitative estimate of drug-likeness (QED) is 0.144. The van der Waals surface area contributed by atoms with E-state index in [1.54, 1.807) is 36.6 Å².